The molecule has 1 heterocycles. The zero-order valence-electron chi connectivity index (χ0n) is 20.2. The number of carbonyl (C=O) groups is 3. The highest BCUT2D eigenvalue weighted by Crippen LogP contribution is 2.18. The summed E-state index contributed by atoms with van der Waals surface area (Å²) in [5.41, 5.74) is 4.77. The lowest BCUT2D eigenvalue weighted by molar-refractivity contribution is -0.141. The summed E-state index contributed by atoms with van der Waals surface area (Å²) >= 11 is 0. The van der Waals surface area contributed by atoms with Gasteiger partial charge in [-0.15, -0.1) is 0 Å². The molecule has 0 aliphatic rings. The highest BCUT2D eigenvalue weighted by Gasteiger charge is 2.25. The van der Waals surface area contributed by atoms with Crippen molar-refractivity contribution >= 4 is 29.6 Å². The number of hydrogen-bond donors (Lipinski definition) is 1. The van der Waals surface area contributed by atoms with Gasteiger partial charge in [0.15, 0.2) is 6.61 Å². The smallest absolute Gasteiger partial charge is 0.333 e. The van der Waals surface area contributed by atoms with E-state index in [0.717, 1.165) is 17.8 Å². The minimum absolute atomic E-state index is 0.0747. The number of nitrogens with zero attached hydrogens (tertiary/aromatic N) is 2. The number of carbonyl (C=O) groups excluding carboxylic acids is 3. The summed E-state index contributed by atoms with van der Waals surface area (Å²) in [6.07, 6.45) is 2.55. The van der Waals surface area contributed by atoms with Crippen molar-refractivity contribution in [3.63, 3.8) is 0 Å². The molecule has 3 rings (SSSR count). The minimum Gasteiger partial charge on any atom is -0.496 e. The monoisotopic (exact) mass is 507 g/mol. The molecule has 2 aromatic carbocycles. The van der Waals surface area contributed by atoms with Gasteiger partial charge >= 0.3 is 17.6 Å². The van der Waals surface area contributed by atoms with Crippen LogP contribution in [-0.4, -0.2) is 47.7 Å². The molecular weight excluding hydrogens is 482 g/mol. The van der Waals surface area contributed by atoms with Gasteiger partial charge in [0.1, 0.15) is 23.7 Å². The fourth-order valence-corrected chi connectivity index (χ4v) is 3.45. The zero-order valence-corrected chi connectivity index (χ0v) is 20.2. The number of para-hydroxylation sites is 1. The maximum Gasteiger partial charge on any atom is 0.333 e. The largest absolute Gasteiger partial charge is 0.496 e. The first-order valence-corrected chi connectivity index (χ1v) is 11.0. The van der Waals surface area contributed by atoms with Crippen LogP contribution in [0.25, 0.3) is 6.08 Å². The molecule has 2 N–H and O–H groups in total. The summed E-state index contributed by atoms with van der Waals surface area (Å²) in [5, 5.41) is 0. The summed E-state index contributed by atoms with van der Waals surface area (Å²) in [4.78, 5) is 63.0. The summed E-state index contributed by atoms with van der Waals surface area (Å²) in [7, 11) is 2.58. The SMILES string of the molecule is COC(=O)Cn1c(=O)c(C(=O)COC(=O)/C=C/c2ccccc2OC)c(N)n(Cc2ccccc2)c1=O. The molecule has 0 spiro atoms. The fraction of sp³-hybridized carbons (Fsp3) is 0.192. The Labute approximate surface area is 211 Å². The Morgan fingerprint density at radius 3 is 2.30 bits per heavy atom. The molecule has 0 bridgehead atoms. The quantitative estimate of drug-likeness (QED) is 0.243. The average Bonchev–Trinajstić information content (AvgIpc) is 2.91. The molecule has 0 amide bonds. The maximum absolute atomic E-state index is 13.0. The molecule has 3 aromatic rings. The molecule has 0 atom stereocenters. The van der Waals surface area contributed by atoms with Crippen LogP contribution in [0.2, 0.25) is 0 Å². The molecule has 1 aromatic heterocycles. The predicted molar refractivity (Wildman–Crippen MR) is 134 cm³/mol. The van der Waals surface area contributed by atoms with Crippen LogP contribution in [0.3, 0.4) is 0 Å². The van der Waals surface area contributed by atoms with E-state index < -0.39 is 53.5 Å². The first-order valence-electron chi connectivity index (χ1n) is 11.0. The number of hydrogen-bond acceptors (Lipinski definition) is 9. The van der Waals surface area contributed by atoms with Gasteiger partial charge in [0.05, 0.1) is 20.8 Å². The van der Waals surface area contributed by atoms with Crippen molar-refractivity contribution in [3.05, 3.63) is 98.2 Å². The number of methoxy groups -OCH3 is 2. The number of ketones is 1. The van der Waals surface area contributed by atoms with Crippen LogP contribution >= 0.6 is 0 Å². The highest BCUT2D eigenvalue weighted by molar-refractivity contribution is 6.02. The molecule has 0 saturated heterocycles. The third-order valence-corrected chi connectivity index (χ3v) is 5.33. The number of anilines is 1. The van der Waals surface area contributed by atoms with E-state index in [0.29, 0.717) is 21.4 Å². The zero-order chi connectivity index (χ0) is 26.9. The number of aromatic nitrogens is 2. The summed E-state index contributed by atoms with van der Waals surface area (Å²) < 4.78 is 16.3. The van der Waals surface area contributed by atoms with Crippen LogP contribution in [0.15, 0.2) is 70.3 Å². The molecule has 11 nitrogen and oxygen atoms in total. The van der Waals surface area contributed by atoms with E-state index in [1.54, 1.807) is 54.6 Å². The first-order chi connectivity index (χ1) is 17.8. The Hall–Kier alpha value is -4.93. The van der Waals surface area contributed by atoms with Crippen LogP contribution < -0.4 is 21.7 Å². The summed E-state index contributed by atoms with van der Waals surface area (Å²) in [6, 6.07) is 15.6. The molecule has 11 heteroatoms. The molecule has 0 saturated carbocycles. The molecule has 0 radical (unpaired) electrons. The lowest BCUT2D eigenvalue weighted by Crippen LogP contribution is -2.46. The second-order valence-corrected chi connectivity index (χ2v) is 7.69. The Balaban J connectivity index is 1.90. The van der Waals surface area contributed by atoms with E-state index in [1.807, 2.05) is 0 Å². The van der Waals surface area contributed by atoms with Crippen molar-refractivity contribution < 1.29 is 28.6 Å². The lowest BCUT2D eigenvalue weighted by Gasteiger charge is -2.16. The lowest BCUT2D eigenvalue weighted by atomic mass is 10.1. The second kappa shape index (κ2) is 12.2. The van der Waals surface area contributed by atoms with Gasteiger partial charge in [0, 0.05) is 11.6 Å². The van der Waals surface area contributed by atoms with E-state index in [9.17, 15) is 24.0 Å². The average molecular weight is 507 g/mol. The van der Waals surface area contributed by atoms with Crippen molar-refractivity contribution in [2.24, 2.45) is 0 Å². The van der Waals surface area contributed by atoms with Crippen molar-refractivity contribution in [3.8, 4) is 5.75 Å². The molecule has 0 aliphatic heterocycles. The number of nitrogens with two attached hydrogens (primary N) is 1. The molecule has 0 unspecified atom stereocenters. The topological polar surface area (TPSA) is 149 Å². The third kappa shape index (κ3) is 6.40. The second-order valence-electron chi connectivity index (χ2n) is 7.69. The number of benzene rings is 2. The van der Waals surface area contributed by atoms with E-state index in [4.69, 9.17) is 15.2 Å². The molecule has 192 valence electrons. The minimum atomic E-state index is -1.09. The Morgan fingerprint density at radius 1 is 0.946 bits per heavy atom. The van der Waals surface area contributed by atoms with Gasteiger partial charge in [-0.05, 0) is 17.7 Å². The molecular formula is C26H25N3O8. The van der Waals surface area contributed by atoms with Crippen LogP contribution in [0.5, 0.6) is 5.75 Å². The fourth-order valence-electron chi connectivity index (χ4n) is 3.45. The Bertz CT molecular complexity index is 1450. The van der Waals surface area contributed by atoms with Crippen LogP contribution in [0, 0.1) is 0 Å². The van der Waals surface area contributed by atoms with Gasteiger partial charge in [-0.25, -0.2) is 14.2 Å². The predicted octanol–water partition coefficient (Wildman–Crippen LogP) is 1.26. The molecule has 37 heavy (non-hydrogen) atoms. The van der Waals surface area contributed by atoms with Crippen molar-refractivity contribution in [2.45, 2.75) is 13.1 Å². The molecule has 0 fully saturated rings. The van der Waals surface area contributed by atoms with Gasteiger partial charge in [0.25, 0.3) is 5.56 Å². The maximum atomic E-state index is 13.0. The number of Topliss-reactive ketones (excluding diaryl/α,β-unsaturated/α-hetero) is 1. The van der Waals surface area contributed by atoms with E-state index in [-0.39, 0.29) is 6.54 Å². The summed E-state index contributed by atoms with van der Waals surface area (Å²) in [5.74, 6) is -2.55. The molecule has 0 aliphatic carbocycles. The third-order valence-electron chi connectivity index (χ3n) is 5.33. The Kier molecular flexibility index (Phi) is 8.76. The van der Waals surface area contributed by atoms with Crippen LogP contribution in [0.4, 0.5) is 5.82 Å². The number of rotatable bonds is 10. The number of nitrogen functional groups attached to an aromatic ring is 1. The summed E-state index contributed by atoms with van der Waals surface area (Å²) in [6.45, 7) is -1.63. The van der Waals surface area contributed by atoms with Crippen molar-refractivity contribution in [1.82, 2.24) is 9.13 Å². The van der Waals surface area contributed by atoms with E-state index >= 15 is 0 Å². The van der Waals surface area contributed by atoms with Crippen LogP contribution in [-0.2, 0) is 32.2 Å². The van der Waals surface area contributed by atoms with E-state index in [2.05, 4.69) is 4.74 Å². The highest BCUT2D eigenvalue weighted by atomic mass is 16.5. The number of esters is 2. The van der Waals surface area contributed by atoms with Crippen LogP contribution in [0.1, 0.15) is 21.5 Å². The normalized spacial score (nSPS) is 10.8. The van der Waals surface area contributed by atoms with Gasteiger partial charge in [-0.2, -0.15) is 0 Å². The van der Waals surface area contributed by atoms with Gasteiger partial charge in [-0.3, -0.25) is 19.0 Å². The van der Waals surface area contributed by atoms with Gasteiger partial charge < -0.3 is 19.9 Å². The standard InChI is InChI=1S/C26H25N3O8/c1-35-20-11-7-6-10-18(20)12-13-21(31)37-16-19(30)23-24(27)28(14-17-8-4-3-5-9-17)26(34)29(25(23)33)15-22(32)36-2/h3-13H,14-16,27H2,1-2H3/b13-12+. The van der Waals surface area contributed by atoms with E-state index in [1.165, 1.54) is 13.2 Å². The Morgan fingerprint density at radius 2 is 1.62 bits per heavy atom. The van der Waals surface area contributed by atoms with Gasteiger partial charge in [-0.1, -0.05) is 48.5 Å². The van der Waals surface area contributed by atoms with Crippen molar-refractivity contribution in [2.75, 3.05) is 26.6 Å². The number of ether oxygens (including phenoxy) is 3. The first kappa shape index (κ1) is 26.7. The van der Waals surface area contributed by atoms with Crippen molar-refractivity contribution in [1.29, 1.82) is 0 Å². The van der Waals surface area contributed by atoms with Gasteiger partial charge in [0.2, 0.25) is 5.78 Å².